The van der Waals surface area contributed by atoms with E-state index in [1.54, 1.807) is 18.3 Å². The molecule has 0 unspecified atom stereocenters. The number of carbonyl (C=O) groups excluding carboxylic acids is 1. The summed E-state index contributed by atoms with van der Waals surface area (Å²) in [5, 5.41) is 6.17. The van der Waals surface area contributed by atoms with E-state index in [-0.39, 0.29) is 29.6 Å². The number of nitrogens with one attached hydrogen (secondary N) is 2. The summed E-state index contributed by atoms with van der Waals surface area (Å²) in [6.45, 7) is 7.07. The largest absolute Gasteiger partial charge is 0.476 e. The quantitative estimate of drug-likeness (QED) is 0.476. The number of carbonyl (C=O) groups is 1. The summed E-state index contributed by atoms with van der Waals surface area (Å²) in [7, 11) is 0. The van der Waals surface area contributed by atoms with Crippen LogP contribution in [0.4, 0.5) is 5.82 Å². The average molecular weight is 438 g/mol. The van der Waals surface area contributed by atoms with Crippen molar-refractivity contribution in [2.75, 3.05) is 45.1 Å². The maximum atomic E-state index is 13.0. The third-order valence-electron chi connectivity index (χ3n) is 5.26. The van der Waals surface area contributed by atoms with Crippen molar-refractivity contribution >= 4 is 11.7 Å². The Morgan fingerprint density at radius 3 is 2.88 bits per heavy atom. The molecule has 0 spiro atoms. The number of hydrogen-bond donors (Lipinski definition) is 3. The van der Waals surface area contributed by atoms with E-state index in [1.807, 2.05) is 19.1 Å². The summed E-state index contributed by atoms with van der Waals surface area (Å²) in [5.74, 6) is 0.449. The predicted molar refractivity (Wildman–Crippen MR) is 119 cm³/mol. The number of nitrogens with zero attached hydrogens (tertiary/aromatic N) is 4. The van der Waals surface area contributed by atoms with Gasteiger partial charge in [0.1, 0.15) is 18.0 Å². The lowest BCUT2D eigenvalue weighted by atomic mass is 10.2. The van der Waals surface area contributed by atoms with Gasteiger partial charge in [0.25, 0.3) is 5.91 Å². The molecule has 0 saturated carbocycles. The third-order valence-corrected chi connectivity index (χ3v) is 5.26. The van der Waals surface area contributed by atoms with E-state index in [4.69, 9.17) is 14.9 Å². The standard InChI is InChI=1S/C22H27N7O3/c1-15-4-2-6-25-16(15)14-26-21(30)18-19(23)27-20(17-5-3-12-31-17)28-22(18)32-13-11-29-9-7-24-8-10-29/h2-6,12,24H,7-11,13-14H2,1H3,(H,26,30)(H2,23,27,28). The van der Waals surface area contributed by atoms with E-state index in [0.717, 1.165) is 44.0 Å². The highest BCUT2D eigenvalue weighted by Gasteiger charge is 2.23. The molecule has 1 fully saturated rings. The van der Waals surface area contributed by atoms with Crippen LogP contribution in [-0.2, 0) is 6.54 Å². The van der Waals surface area contributed by atoms with E-state index in [2.05, 4.69) is 30.5 Å². The minimum Gasteiger partial charge on any atom is -0.476 e. The van der Waals surface area contributed by atoms with Crippen LogP contribution in [0.15, 0.2) is 41.1 Å². The molecule has 1 amide bonds. The highest BCUT2D eigenvalue weighted by atomic mass is 16.5. The molecule has 10 heteroatoms. The molecule has 1 saturated heterocycles. The number of nitrogen functional groups attached to an aromatic ring is 1. The molecule has 1 aliphatic heterocycles. The highest BCUT2D eigenvalue weighted by Crippen LogP contribution is 2.26. The number of aromatic nitrogens is 3. The average Bonchev–Trinajstić information content (AvgIpc) is 3.34. The van der Waals surface area contributed by atoms with Gasteiger partial charge in [-0.15, -0.1) is 0 Å². The first-order valence-corrected chi connectivity index (χ1v) is 10.6. The predicted octanol–water partition coefficient (Wildman–Crippen LogP) is 1.24. The van der Waals surface area contributed by atoms with Crippen LogP contribution in [0.5, 0.6) is 5.88 Å². The van der Waals surface area contributed by atoms with Crippen LogP contribution < -0.4 is 21.1 Å². The summed E-state index contributed by atoms with van der Waals surface area (Å²) >= 11 is 0. The molecule has 32 heavy (non-hydrogen) atoms. The van der Waals surface area contributed by atoms with E-state index in [1.165, 1.54) is 6.26 Å². The van der Waals surface area contributed by atoms with Crippen molar-refractivity contribution in [1.29, 1.82) is 0 Å². The van der Waals surface area contributed by atoms with E-state index >= 15 is 0 Å². The van der Waals surface area contributed by atoms with E-state index < -0.39 is 5.91 Å². The third kappa shape index (κ3) is 5.21. The Labute approximate surface area is 186 Å². The van der Waals surface area contributed by atoms with Crippen LogP contribution in [0.1, 0.15) is 21.6 Å². The van der Waals surface area contributed by atoms with Crippen molar-refractivity contribution < 1.29 is 13.9 Å². The Morgan fingerprint density at radius 2 is 2.12 bits per heavy atom. The fraction of sp³-hybridized carbons (Fsp3) is 0.364. The number of ether oxygens (including phenoxy) is 1. The molecule has 168 valence electrons. The summed E-state index contributed by atoms with van der Waals surface area (Å²) in [6.07, 6.45) is 3.21. The van der Waals surface area contributed by atoms with Gasteiger partial charge in [-0.3, -0.25) is 14.7 Å². The second-order valence-electron chi connectivity index (χ2n) is 7.48. The number of rotatable bonds is 8. The Kier molecular flexibility index (Phi) is 6.93. The Balaban J connectivity index is 1.53. The fourth-order valence-electron chi connectivity index (χ4n) is 3.45. The molecule has 0 aliphatic carbocycles. The molecule has 4 N–H and O–H groups in total. The van der Waals surface area contributed by atoms with Gasteiger partial charge >= 0.3 is 0 Å². The summed E-state index contributed by atoms with van der Waals surface area (Å²) in [6, 6.07) is 7.25. The van der Waals surface area contributed by atoms with Crippen LogP contribution in [0.2, 0.25) is 0 Å². The number of nitrogens with two attached hydrogens (primary N) is 1. The zero-order valence-electron chi connectivity index (χ0n) is 18.0. The molecule has 0 radical (unpaired) electrons. The van der Waals surface area contributed by atoms with Gasteiger partial charge in [-0.1, -0.05) is 6.07 Å². The molecule has 3 aromatic rings. The molecule has 0 aromatic carbocycles. The SMILES string of the molecule is Cc1cccnc1CNC(=O)c1c(N)nc(-c2ccco2)nc1OCCN1CCNCC1. The van der Waals surface area contributed by atoms with Gasteiger partial charge in [0.2, 0.25) is 11.7 Å². The Bertz CT molecular complexity index is 1050. The van der Waals surface area contributed by atoms with Crippen molar-refractivity contribution in [3.8, 4) is 17.5 Å². The zero-order valence-corrected chi connectivity index (χ0v) is 18.0. The van der Waals surface area contributed by atoms with Crippen molar-refractivity contribution in [2.24, 2.45) is 0 Å². The summed E-state index contributed by atoms with van der Waals surface area (Å²) in [4.78, 5) is 28.3. The smallest absolute Gasteiger partial charge is 0.260 e. The van der Waals surface area contributed by atoms with Gasteiger partial charge < -0.3 is 25.5 Å². The van der Waals surface area contributed by atoms with E-state index in [9.17, 15) is 4.79 Å². The fourth-order valence-corrected chi connectivity index (χ4v) is 3.45. The molecular weight excluding hydrogens is 410 g/mol. The first-order chi connectivity index (χ1) is 15.6. The molecule has 0 atom stereocenters. The highest BCUT2D eigenvalue weighted by molar-refractivity contribution is 6.00. The summed E-state index contributed by atoms with van der Waals surface area (Å²) < 4.78 is 11.3. The zero-order chi connectivity index (χ0) is 22.3. The summed E-state index contributed by atoms with van der Waals surface area (Å²) in [5.41, 5.74) is 8.04. The van der Waals surface area contributed by atoms with Crippen molar-refractivity contribution in [1.82, 2.24) is 30.5 Å². The van der Waals surface area contributed by atoms with Gasteiger partial charge in [-0.25, -0.2) is 4.98 Å². The van der Waals surface area contributed by atoms with E-state index in [0.29, 0.717) is 12.4 Å². The van der Waals surface area contributed by atoms with Crippen LogP contribution in [0, 0.1) is 6.92 Å². The number of hydrogen-bond acceptors (Lipinski definition) is 9. The molecule has 4 heterocycles. The van der Waals surface area contributed by atoms with Crippen molar-refractivity contribution in [2.45, 2.75) is 13.5 Å². The van der Waals surface area contributed by atoms with Gasteiger partial charge in [0, 0.05) is 38.9 Å². The molecular formula is C22H27N7O3. The molecule has 4 rings (SSSR count). The molecule has 1 aliphatic rings. The number of aryl methyl sites for hydroxylation is 1. The lowest BCUT2D eigenvalue weighted by molar-refractivity contribution is 0.0944. The van der Waals surface area contributed by atoms with Crippen LogP contribution in [0.25, 0.3) is 11.6 Å². The van der Waals surface area contributed by atoms with Gasteiger partial charge in [0.05, 0.1) is 18.5 Å². The molecule has 3 aromatic heterocycles. The topological polar surface area (TPSA) is 131 Å². The second kappa shape index (κ2) is 10.2. The first kappa shape index (κ1) is 21.7. The number of piperazine rings is 1. The van der Waals surface area contributed by atoms with Gasteiger partial charge in [-0.05, 0) is 30.7 Å². The number of amides is 1. The lowest BCUT2D eigenvalue weighted by Crippen LogP contribution is -2.44. The van der Waals surface area contributed by atoms with Crippen molar-refractivity contribution in [3.05, 3.63) is 53.5 Å². The van der Waals surface area contributed by atoms with Crippen LogP contribution in [-0.4, -0.2) is 65.1 Å². The number of pyridine rings is 1. The number of furan rings is 1. The Hall–Kier alpha value is -3.50. The Morgan fingerprint density at radius 1 is 1.28 bits per heavy atom. The first-order valence-electron chi connectivity index (χ1n) is 10.6. The minimum absolute atomic E-state index is 0.0267. The molecule has 10 nitrogen and oxygen atoms in total. The maximum Gasteiger partial charge on any atom is 0.260 e. The monoisotopic (exact) mass is 437 g/mol. The molecule has 0 bridgehead atoms. The number of anilines is 1. The van der Waals surface area contributed by atoms with Crippen molar-refractivity contribution in [3.63, 3.8) is 0 Å². The van der Waals surface area contributed by atoms with Gasteiger partial charge in [0.15, 0.2) is 5.76 Å². The van der Waals surface area contributed by atoms with Crippen LogP contribution >= 0.6 is 0 Å². The lowest BCUT2D eigenvalue weighted by Gasteiger charge is -2.27. The normalized spacial score (nSPS) is 14.3. The van der Waals surface area contributed by atoms with Gasteiger partial charge in [-0.2, -0.15) is 4.98 Å². The maximum absolute atomic E-state index is 13.0. The minimum atomic E-state index is -0.421. The van der Waals surface area contributed by atoms with Crippen LogP contribution in [0.3, 0.4) is 0 Å². The second-order valence-corrected chi connectivity index (χ2v) is 7.48.